The molecule has 0 spiro atoms. The molecule has 9 nitrogen and oxygen atoms in total. The van der Waals surface area contributed by atoms with Crippen LogP contribution in [0.3, 0.4) is 0 Å². The molecule has 0 aliphatic rings. The van der Waals surface area contributed by atoms with Gasteiger partial charge in [0.15, 0.2) is 11.6 Å². The molecule has 3 N–H and O–H groups in total. The Balaban J connectivity index is 1.40. The summed E-state index contributed by atoms with van der Waals surface area (Å²) in [5.41, 5.74) is 2.58. The summed E-state index contributed by atoms with van der Waals surface area (Å²) >= 11 is 0. The van der Waals surface area contributed by atoms with Crippen LogP contribution in [0.1, 0.15) is 28.2 Å². The fraction of sp³-hybridized carbons (Fsp3) is 0.143. The number of carbonyl (C=O) groups excluding carboxylic acids is 2. The lowest BCUT2D eigenvalue weighted by atomic mass is 10.1. The molecule has 0 saturated heterocycles. The number of benzene rings is 3. The van der Waals surface area contributed by atoms with Gasteiger partial charge < -0.3 is 24.9 Å². The number of hydrogen-bond donors (Lipinski definition) is 3. The van der Waals surface area contributed by atoms with Crippen LogP contribution in [0.15, 0.2) is 78.6 Å². The molecule has 0 bridgehead atoms. The van der Waals surface area contributed by atoms with Gasteiger partial charge >= 0.3 is 5.97 Å². The Labute approximate surface area is 213 Å². The molecule has 9 heteroatoms. The van der Waals surface area contributed by atoms with Crippen molar-refractivity contribution in [3.63, 3.8) is 0 Å². The van der Waals surface area contributed by atoms with E-state index in [1.165, 1.54) is 6.07 Å². The van der Waals surface area contributed by atoms with Crippen LogP contribution < -0.4 is 10.1 Å². The zero-order chi connectivity index (χ0) is 26.2. The van der Waals surface area contributed by atoms with Gasteiger partial charge in [-0.15, -0.1) is 0 Å². The molecule has 0 atom stereocenters. The maximum absolute atomic E-state index is 12.8. The van der Waals surface area contributed by atoms with Crippen LogP contribution in [0.2, 0.25) is 0 Å². The number of H-pyrrole nitrogens is 1. The molecule has 0 aliphatic heterocycles. The molecule has 4 aromatic rings. The predicted molar refractivity (Wildman–Crippen MR) is 138 cm³/mol. The van der Waals surface area contributed by atoms with Crippen molar-refractivity contribution in [2.75, 3.05) is 19.0 Å². The minimum absolute atomic E-state index is 0.121. The quantitative estimate of drug-likeness (QED) is 0.172. The average Bonchev–Trinajstić information content (AvgIpc) is 3.35. The number of methoxy groups -OCH3 is 1. The van der Waals surface area contributed by atoms with Crippen LogP contribution in [-0.2, 0) is 16.0 Å². The lowest BCUT2D eigenvalue weighted by Crippen LogP contribution is -2.17. The first-order chi connectivity index (χ1) is 18.0. The number of aliphatic hydroxyl groups excluding tert-OH is 1. The van der Waals surface area contributed by atoms with E-state index in [-0.39, 0.29) is 35.0 Å². The number of rotatable bonds is 9. The zero-order valence-electron chi connectivity index (χ0n) is 20.0. The minimum Gasteiger partial charge on any atom is -0.507 e. The van der Waals surface area contributed by atoms with E-state index in [9.17, 15) is 20.0 Å². The van der Waals surface area contributed by atoms with Gasteiger partial charge in [0, 0.05) is 6.42 Å². The third kappa shape index (κ3) is 6.13. The first-order valence-electron chi connectivity index (χ1n) is 11.4. The Kier molecular flexibility index (Phi) is 7.81. The van der Waals surface area contributed by atoms with Gasteiger partial charge in [0.05, 0.1) is 29.4 Å². The first-order valence-corrected chi connectivity index (χ1v) is 11.4. The van der Waals surface area contributed by atoms with E-state index in [4.69, 9.17) is 9.47 Å². The van der Waals surface area contributed by atoms with E-state index in [1.807, 2.05) is 36.4 Å². The van der Waals surface area contributed by atoms with E-state index >= 15 is 0 Å². The molecule has 1 heterocycles. The summed E-state index contributed by atoms with van der Waals surface area (Å²) in [5, 5.41) is 22.7. The Bertz CT molecular complexity index is 1470. The minimum atomic E-state index is -0.764. The summed E-state index contributed by atoms with van der Waals surface area (Å²) in [5.74, 6) is -0.575. The van der Waals surface area contributed by atoms with E-state index in [2.05, 4.69) is 15.3 Å². The fourth-order valence-corrected chi connectivity index (χ4v) is 3.64. The molecule has 4 rings (SSSR count). The van der Waals surface area contributed by atoms with Crippen molar-refractivity contribution in [1.82, 2.24) is 9.97 Å². The molecular formula is C28H24N4O5. The van der Waals surface area contributed by atoms with Crippen molar-refractivity contribution in [3.8, 4) is 11.8 Å². The van der Waals surface area contributed by atoms with Gasteiger partial charge in [-0.2, -0.15) is 5.26 Å². The molecule has 1 amide bonds. The molecule has 1 aromatic heterocycles. The number of allylic oxidation sites excluding steroid dienone is 1. The molecular weight excluding hydrogens is 472 g/mol. The summed E-state index contributed by atoms with van der Waals surface area (Å²) < 4.78 is 10.4. The topological polar surface area (TPSA) is 137 Å². The first kappa shape index (κ1) is 25.0. The third-order valence-corrected chi connectivity index (χ3v) is 5.59. The number of aromatic amines is 1. The number of aliphatic hydroxyl groups is 1. The van der Waals surface area contributed by atoms with Crippen LogP contribution in [0.4, 0.5) is 5.69 Å². The second-order valence-electron chi connectivity index (χ2n) is 8.05. The van der Waals surface area contributed by atoms with Gasteiger partial charge in [-0.1, -0.05) is 36.4 Å². The number of aromatic nitrogens is 2. The van der Waals surface area contributed by atoms with Crippen molar-refractivity contribution in [1.29, 1.82) is 5.26 Å². The molecule has 0 radical (unpaired) electrons. The van der Waals surface area contributed by atoms with Gasteiger partial charge in [0.2, 0.25) is 5.91 Å². The van der Waals surface area contributed by atoms with Crippen molar-refractivity contribution in [2.24, 2.45) is 0 Å². The van der Waals surface area contributed by atoms with Crippen LogP contribution in [0.5, 0.6) is 5.75 Å². The molecule has 0 unspecified atom stereocenters. The zero-order valence-corrected chi connectivity index (χ0v) is 20.0. The number of nitriles is 1. The van der Waals surface area contributed by atoms with Crippen LogP contribution in [0, 0.1) is 11.3 Å². The number of para-hydroxylation sites is 3. The van der Waals surface area contributed by atoms with Crippen LogP contribution >= 0.6 is 0 Å². The largest absolute Gasteiger partial charge is 0.507 e. The van der Waals surface area contributed by atoms with Crippen LogP contribution in [0.25, 0.3) is 16.6 Å². The highest BCUT2D eigenvalue weighted by molar-refractivity contribution is 6.01. The van der Waals surface area contributed by atoms with Crippen molar-refractivity contribution in [3.05, 3.63) is 95.5 Å². The van der Waals surface area contributed by atoms with E-state index in [1.54, 1.807) is 43.5 Å². The van der Waals surface area contributed by atoms with E-state index in [0.29, 0.717) is 17.5 Å². The number of nitrogens with one attached hydrogen (secondary N) is 2. The third-order valence-electron chi connectivity index (χ3n) is 5.59. The monoisotopic (exact) mass is 496 g/mol. The maximum Gasteiger partial charge on any atom is 0.340 e. The predicted octanol–water partition coefficient (Wildman–Crippen LogP) is 4.79. The SMILES string of the molecule is COc1ccc(CCC(=O)Nc2ccccc2C(=O)OC/C(O)=C(/C#N)c2nc3ccccc3[nH]2)cc1. The summed E-state index contributed by atoms with van der Waals surface area (Å²) in [6.07, 6.45) is 0.724. The molecule has 186 valence electrons. The van der Waals surface area contributed by atoms with Gasteiger partial charge in [-0.25, -0.2) is 9.78 Å². The summed E-state index contributed by atoms with van der Waals surface area (Å²) in [6.45, 7) is -0.543. The Morgan fingerprint density at radius 3 is 2.51 bits per heavy atom. The number of ether oxygens (including phenoxy) is 2. The lowest BCUT2D eigenvalue weighted by Gasteiger charge is -2.11. The number of carbonyl (C=O) groups is 2. The molecule has 0 saturated carbocycles. The number of aryl methyl sites for hydroxylation is 1. The summed E-state index contributed by atoms with van der Waals surface area (Å²) in [7, 11) is 1.59. The highest BCUT2D eigenvalue weighted by atomic mass is 16.5. The lowest BCUT2D eigenvalue weighted by molar-refractivity contribution is -0.116. The number of amides is 1. The van der Waals surface area contributed by atoms with Gasteiger partial charge in [0.1, 0.15) is 24.0 Å². The summed E-state index contributed by atoms with van der Waals surface area (Å²) in [4.78, 5) is 32.5. The molecule has 0 fully saturated rings. The Hall–Kier alpha value is -5.10. The normalized spacial score (nSPS) is 11.4. The van der Waals surface area contributed by atoms with Gasteiger partial charge in [-0.3, -0.25) is 4.79 Å². The second kappa shape index (κ2) is 11.6. The van der Waals surface area contributed by atoms with Crippen molar-refractivity contribution >= 4 is 34.2 Å². The van der Waals surface area contributed by atoms with Gasteiger partial charge in [-0.05, 0) is 48.4 Å². The molecule has 37 heavy (non-hydrogen) atoms. The fourth-order valence-electron chi connectivity index (χ4n) is 3.64. The molecule has 0 aliphatic carbocycles. The number of hydrogen-bond acceptors (Lipinski definition) is 7. The molecule has 3 aromatic carbocycles. The highest BCUT2D eigenvalue weighted by Gasteiger charge is 2.18. The number of fused-ring (bicyclic) bond motifs is 1. The summed E-state index contributed by atoms with van der Waals surface area (Å²) in [6, 6.07) is 22.9. The van der Waals surface area contributed by atoms with Crippen molar-refractivity contribution in [2.45, 2.75) is 12.8 Å². The number of anilines is 1. The van der Waals surface area contributed by atoms with Crippen LogP contribution in [-0.4, -0.2) is 40.7 Å². The highest BCUT2D eigenvalue weighted by Crippen LogP contribution is 2.21. The van der Waals surface area contributed by atoms with Crippen molar-refractivity contribution < 1.29 is 24.2 Å². The van der Waals surface area contributed by atoms with E-state index < -0.39 is 18.3 Å². The van der Waals surface area contributed by atoms with E-state index in [0.717, 1.165) is 11.3 Å². The standard InChI is InChI=1S/C28H24N4O5/c1-36-19-13-10-18(11-14-19)12-15-26(34)30-22-7-3-2-6-20(22)28(35)37-17-25(33)21(16-29)27-31-23-8-4-5-9-24(23)32-27/h2-11,13-14,33H,12,15,17H2,1H3,(H,30,34)(H,31,32)/b25-21+. The smallest absolute Gasteiger partial charge is 0.340 e. The Morgan fingerprint density at radius 1 is 1.05 bits per heavy atom. The second-order valence-corrected chi connectivity index (χ2v) is 8.05. The van der Waals surface area contributed by atoms with Gasteiger partial charge in [0.25, 0.3) is 0 Å². The maximum atomic E-state index is 12.8. The number of nitrogens with zero attached hydrogens (tertiary/aromatic N) is 2. The number of esters is 1. The average molecular weight is 497 g/mol. The Morgan fingerprint density at radius 2 is 1.78 bits per heavy atom. The number of imidazole rings is 1.